The Bertz CT molecular complexity index is 712. The molecule has 0 spiro atoms. The van der Waals surface area contributed by atoms with Crippen molar-refractivity contribution >= 4 is 15.7 Å². The molecule has 1 aromatic carbocycles. The van der Waals surface area contributed by atoms with Crippen molar-refractivity contribution in [1.82, 2.24) is 9.80 Å². The maximum absolute atomic E-state index is 12.3. The van der Waals surface area contributed by atoms with E-state index in [1.165, 1.54) is 0 Å². The lowest BCUT2D eigenvalue weighted by Gasteiger charge is -2.37. The normalized spacial score (nSPS) is 23.0. The van der Waals surface area contributed by atoms with E-state index < -0.39 is 9.84 Å². The molecular weight excluding hydrogens is 356 g/mol. The molecule has 0 saturated carbocycles. The van der Waals surface area contributed by atoms with Crippen molar-refractivity contribution in [3.63, 3.8) is 0 Å². The molecule has 26 heavy (non-hydrogen) atoms. The van der Waals surface area contributed by atoms with Crippen LogP contribution in [-0.2, 0) is 14.6 Å². The maximum atomic E-state index is 12.3. The van der Waals surface area contributed by atoms with Crippen molar-refractivity contribution in [2.24, 2.45) is 0 Å². The van der Waals surface area contributed by atoms with Crippen LogP contribution in [0.1, 0.15) is 13.3 Å². The molecule has 3 rings (SSSR count). The average Bonchev–Trinajstić information content (AvgIpc) is 3.01. The van der Waals surface area contributed by atoms with Crippen LogP contribution in [0.15, 0.2) is 24.3 Å². The van der Waals surface area contributed by atoms with E-state index in [1.54, 1.807) is 17.0 Å². The second kappa shape index (κ2) is 8.26. The number of carbonyl (C=O) groups is 1. The van der Waals surface area contributed by atoms with Crippen molar-refractivity contribution in [3.05, 3.63) is 24.3 Å². The average molecular weight is 382 g/mol. The van der Waals surface area contributed by atoms with Gasteiger partial charge < -0.3 is 14.4 Å². The van der Waals surface area contributed by atoms with Crippen molar-refractivity contribution in [2.75, 3.05) is 50.9 Å². The number of hydrogen-bond acceptors (Lipinski definition) is 6. The summed E-state index contributed by atoms with van der Waals surface area (Å²) in [5, 5.41) is 0. The number of rotatable bonds is 6. The summed E-state index contributed by atoms with van der Waals surface area (Å²) in [5.41, 5.74) is 0. The molecule has 1 atom stereocenters. The summed E-state index contributed by atoms with van der Waals surface area (Å²) in [6, 6.07) is 7.32. The van der Waals surface area contributed by atoms with Gasteiger partial charge in [-0.15, -0.1) is 0 Å². The highest BCUT2D eigenvalue weighted by atomic mass is 32.2. The van der Waals surface area contributed by atoms with Crippen LogP contribution in [0.4, 0.5) is 0 Å². The summed E-state index contributed by atoms with van der Waals surface area (Å²) in [7, 11) is -2.87. The number of carbonyl (C=O) groups excluding carboxylic acids is 1. The van der Waals surface area contributed by atoms with E-state index in [4.69, 9.17) is 9.47 Å². The van der Waals surface area contributed by atoms with Gasteiger partial charge in [0.25, 0.3) is 5.91 Å². The van der Waals surface area contributed by atoms with E-state index in [1.807, 2.05) is 19.1 Å². The van der Waals surface area contributed by atoms with Gasteiger partial charge >= 0.3 is 0 Å². The second-order valence-electron chi connectivity index (χ2n) is 6.67. The summed E-state index contributed by atoms with van der Waals surface area (Å²) in [6.45, 7) is 5.20. The van der Waals surface area contributed by atoms with Crippen molar-refractivity contribution < 1.29 is 22.7 Å². The van der Waals surface area contributed by atoms with E-state index in [2.05, 4.69) is 4.90 Å². The van der Waals surface area contributed by atoms with E-state index in [9.17, 15) is 13.2 Å². The standard InChI is InChI=1S/C18H26N2O5S/c1-2-24-16-3-5-17(6-4-16)25-13-18(21)20-10-8-19(9-11-20)15-7-12-26(22,23)14-15/h3-6,15H,2,7-14H2,1H3/t15-/m0/s1. The zero-order valence-electron chi connectivity index (χ0n) is 15.1. The number of benzene rings is 1. The predicted octanol–water partition coefficient (Wildman–Crippen LogP) is 0.795. The van der Waals surface area contributed by atoms with E-state index in [0.29, 0.717) is 31.9 Å². The lowest BCUT2D eigenvalue weighted by Crippen LogP contribution is -2.53. The molecule has 2 aliphatic heterocycles. The zero-order valence-corrected chi connectivity index (χ0v) is 15.9. The molecule has 0 N–H and O–H groups in total. The van der Waals surface area contributed by atoms with E-state index >= 15 is 0 Å². The Morgan fingerprint density at radius 1 is 1.08 bits per heavy atom. The number of ether oxygens (including phenoxy) is 2. The first-order chi connectivity index (χ1) is 12.5. The summed E-state index contributed by atoms with van der Waals surface area (Å²) >= 11 is 0. The Morgan fingerprint density at radius 2 is 1.69 bits per heavy atom. The first kappa shape index (κ1) is 19.0. The molecule has 2 heterocycles. The van der Waals surface area contributed by atoms with Gasteiger partial charge in [0.05, 0.1) is 18.1 Å². The molecule has 2 aliphatic rings. The van der Waals surface area contributed by atoms with Crippen LogP contribution >= 0.6 is 0 Å². The second-order valence-corrected chi connectivity index (χ2v) is 8.90. The number of piperazine rings is 1. The van der Waals surface area contributed by atoms with Crippen LogP contribution in [0.3, 0.4) is 0 Å². The van der Waals surface area contributed by atoms with Gasteiger partial charge in [-0.05, 0) is 37.6 Å². The molecule has 0 unspecified atom stereocenters. The molecule has 0 aliphatic carbocycles. The van der Waals surface area contributed by atoms with Gasteiger partial charge in [-0.2, -0.15) is 0 Å². The Hall–Kier alpha value is -1.80. The first-order valence-corrected chi connectivity index (χ1v) is 10.9. The largest absolute Gasteiger partial charge is 0.494 e. The quantitative estimate of drug-likeness (QED) is 0.724. The van der Waals surface area contributed by atoms with Gasteiger partial charge in [-0.1, -0.05) is 0 Å². The van der Waals surface area contributed by atoms with Gasteiger partial charge in [0.15, 0.2) is 16.4 Å². The number of sulfone groups is 1. The third kappa shape index (κ3) is 4.88. The van der Waals surface area contributed by atoms with Gasteiger partial charge in [-0.25, -0.2) is 8.42 Å². The highest BCUT2D eigenvalue weighted by molar-refractivity contribution is 7.91. The van der Waals surface area contributed by atoms with E-state index in [-0.39, 0.29) is 30.1 Å². The van der Waals surface area contributed by atoms with Crippen molar-refractivity contribution in [3.8, 4) is 11.5 Å². The minimum atomic E-state index is -2.87. The number of amides is 1. The smallest absolute Gasteiger partial charge is 0.260 e. The minimum Gasteiger partial charge on any atom is -0.494 e. The molecule has 0 bridgehead atoms. The van der Waals surface area contributed by atoms with Gasteiger partial charge in [-0.3, -0.25) is 9.69 Å². The lowest BCUT2D eigenvalue weighted by molar-refractivity contribution is -0.135. The van der Waals surface area contributed by atoms with Gasteiger partial charge in [0, 0.05) is 32.2 Å². The van der Waals surface area contributed by atoms with Crippen molar-refractivity contribution in [1.29, 1.82) is 0 Å². The fraction of sp³-hybridized carbons (Fsp3) is 0.611. The van der Waals surface area contributed by atoms with Crippen LogP contribution in [0, 0.1) is 0 Å². The minimum absolute atomic E-state index is 0.00574. The molecule has 144 valence electrons. The Labute approximate surface area is 154 Å². The third-order valence-corrected chi connectivity index (χ3v) is 6.64. The van der Waals surface area contributed by atoms with Crippen LogP contribution in [-0.4, -0.2) is 81.1 Å². The SMILES string of the molecule is CCOc1ccc(OCC(=O)N2CCN([C@H]3CCS(=O)(=O)C3)CC2)cc1. The molecule has 0 aromatic heterocycles. The fourth-order valence-corrected chi connectivity index (χ4v) is 5.20. The van der Waals surface area contributed by atoms with Crippen LogP contribution in [0.2, 0.25) is 0 Å². The van der Waals surface area contributed by atoms with Crippen LogP contribution < -0.4 is 9.47 Å². The molecular formula is C18H26N2O5S. The highest BCUT2D eigenvalue weighted by Crippen LogP contribution is 2.20. The fourth-order valence-electron chi connectivity index (χ4n) is 3.43. The summed E-state index contributed by atoms with van der Waals surface area (Å²) in [6.07, 6.45) is 0.705. The third-order valence-electron chi connectivity index (χ3n) is 4.89. The molecule has 7 nitrogen and oxygen atoms in total. The maximum Gasteiger partial charge on any atom is 0.260 e. The van der Waals surface area contributed by atoms with Gasteiger partial charge in [0.2, 0.25) is 0 Å². The van der Waals surface area contributed by atoms with Crippen LogP contribution in [0.5, 0.6) is 11.5 Å². The number of nitrogens with zero attached hydrogens (tertiary/aromatic N) is 2. The summed E-state index contributed by atoms with van der Waals surface area (Å²) in [4.78, 5) is 16.3. The predicted molar refractivity (Wildman–Crippen MR) is 98.3 cm³/mol. The molecule has 2 saturated heterocycles. The summed E-state index contributed by atoms with van der Waals surface area (Å²) in [5.74, 6) is 1.90. The molecule has 2 fully saturated rings. The Morgan fingerprint density at radius 3 is 2.23 bits per heavy atom. The lowest BCUT2D eigenvalue weighted by atomic mass is 10.2. The Balaban J connectivity index is 1.42. The first-order valence-electron chi connectivity index (χ1n) is 9.05. The van der Waals surface area contributed by atoms with Crippen molar-refractivity contribution in [2.45, 2.75) is 19.4 Å². The molecule has 1 aromatic rings. The molecule has 0 radical (unpaired) electrons. The summed E-state index contributed by atoms with van der Waals surface area (Å²) < 4.78 is 34.2. The molecule has 1 amide bonds. The number of hydrogen-bond donors (Lipinski definition) is 0. The Kier molecular flexibility index (Phi) is 6.03. The van der Waals surface area contributed by atoms with E-state index in [0.717, 1.165) is 18.8 Å². The highest BCUT2D eigenvalue weighted by Gasteiger charge is 2.34. The van der Waals surface area contributed by atoms with Crippen LogP contribution in [0.25, 0.3) is 0 Å². The molecule has 8 heteroatoms. The topological polar surface area (TPSA) is 76.2 Å². The zero-order chi connectivity index (χ0) is 18.6. The van der Waals surface area contributed by atoms with Gasteiger partial charge in [0.1, 0.15) is 11.5 Å². The monoisotopic (exact) mass is 382 g/mol.